The molecule has 4 nitrogen and oxygen atoms in total. The molecule has 0 fully saturated rings. The molecule has 2 aromatic rings. The summed E-state index contributed by atoms with van der Waals surface area (Å²) < 4.78 is 94.9. The van der Waals surface area contributed by atoms with E-state index in [9.17, 15) is 26.3 Å². The summed E-state index contributed by atoms with van der Waals surface area (Å²) in [7, 11) is 0. The molecule has 0 aliphatic carbocycles. The van der Waals surface area contributed by atoms with Gasteiger partial charge in [-0.25, -0.2) is 0 Å². The molecule has 144 valence electrons. The summed E-state index contributed by atoms with van der Waals surface area (Å²) in [4.78, 5) is 0.156. The van der Waals surface area contributed by atoms with Crippen LogP contribution in [0.15, 0.2) is 16.1 Å². The third kappa shape index (κ3) is 4.67. The summed E-state index contributed by atoms with van der Waals surface area (Å²) >= 11 is 2.19. The van der Waals surface area contributed by atoms with Crippen molar-refractivity contribution in [2.45, 2.75) is 18.5 Å². The number of thiophene rings is 2. The van der Waals surface area contributed by atoms with Crippen LogP contribution in [0.4, 0.5) is 26.3 Å². The van der Waals surface area contributed by atoms with Crippen molar-refractivity contribution in [1.29, 1.82) is 0 Å². The molecule has 1 atom stereocenters. The molecule has 1 aliphatic rings. The normalized spacial score (nSPS) is 17.2. The standard InChI is InChI=1S/C14H10F6O4S2/c15-13(16,17)5-22-10-4-26-12(11(10)23-6-14(18,19)20)7-1-21-8-2-25-3-9(8)24-7/h2-4,7H,1,5-6H2. The molecule has 1 unspecified atom stereocenters. The Morgan fingerprint density at radius 3 is 2.31 bits per heavy atom. The van der Waals surface area contributed by atoms with Crippen LogP contribution in [0.25, 0.3) is 0 Å². The van der Waals surface area contributed by atoms with E-state index in [4.69, 9.17) is 14.2 Å². The third-order valence-corrected chi connectivity index (χ3v) is 4.79. The highest BCUT2D eigenvalue weighted by atomic mass is 32.1. The Labute approximate surface area is 150 Å². The Balaban J connectivity index is 1.83. The van der Waals surface area contributed by atoms with Gasteiger partial charge in [0.25, 0.3) is 0 Å². The Morgan fingerprint density at radius 2 is 1.62 bits per heavy atom. The summed E-state index contributed by atoms with van der Waals surface area (Å²) in [6, 6.07) is 0. The van der Waals surface area contributed by atoms with Crippen LogP contribution in [0.1, 0.15) is 11.0 Å². The van der Waals surface area contributed by atoms with E-state index in [2.05, 4.69) is 4.74 Å². The van der Waals surface area contributed by atoms with Crippen molar-refractivity contribution in [3.05, 3.63) is 21.0 Å². The zero-order valence-corrected chi connectivity index (χ0v) is 14.3. The van der Waals surface area contributed by atoms with Crippen molar-refractivity contribution < 1.29 is 45.3 Å². The second-order valence-electron chi connectivity index (χ2n) is 5.12. The van der Waals surface area contributed by atoms with Crippen molar-refractivity contribution in [1.82, 2.24) is 0 Å². The number of hydrogen-bond acceptors (Lipinski definition) is 6. The lowest BCUT2D eigenvalue weighted by Gasteiger charge is -2.24. The van der Waals surface area contributed by atoms with Gasteiger partial charge < -0.3 is 18.9 Å². The maximum Gasteiger partial charge on any atom is 0.422 e. The summed E-state index contributed by atoms with van der Waals surface area (Å²) in [6.07, 6.45) is -10.1. The van der Waals surface area contributed by atoms with Crippen molar-refractivity contribution in [2.75, 3.05) is 19.8 Å². The number of rotatable bonds is 5. The average Bonchev–Trinajstić information content (AvgIpc) is 3.15. The number of alkyl halides is 6. The van der Waals surface area contributed by atoms with E-state index in [0.717, 1.165) is 16.7 Å². The van der Waals surface area contributed by atoms with Crippen LogP contribution in [0.2, 0.25) is 0 Å². The number of halogens is 6. The van der Waals surface area contributed by atoms with E-state index in [0.29, 0.717) is 11.5 Å². The molecule has 0 amide bonds. The Kier molecular flexibility index (Phi) is 5.15. The van der Waals surface area contributed by atoms with E-state index in [1.165, 1.54) is 11.3 Å². The lowest BCUT2D eigenvalue weighted by molar-refractivity contribution is -0.158. The Bertz CT molecular complexity index is 751. The molecule has 0 N–H and O–H groups in total. The third-order valence-electron chi connectivity index (χ3n) is 3.06. The van der Waals surface area contributed by atoms with Crippen LogP contribution >= 0.6 is 22.7 Å². The molecule has 0 bridgehead atoms. The van der Waals surface area contributed by atoms with Crippen molar-refractivity contribution in [3.8, 4) is 23.0 Å². The van der Waals surface area contributed by atoms with Gasteiger partial charge in [0.05, 0.1) is 4.88 Å². The van der Waals surface area contributed by atoms with Gasteiger partial charge in [0, 0.05) is 16.1 Å². The lowest BCUT2D eigenvalue weighted by Crippen LogP contribution is -2.23. The van der Waals surface area contributed by atoms with Gasteiger partial charge >= 0.3 is 12.4 Å². The van der Waals surface area contributed by atoms with Gasteiger partial charge in [-0.1, -0.05) is 0 Å². The summed E-state index contributed by atoms with van der Waals surface area (Å²) in [6.45, 7) is -3.34. The van der Waals surface area contributed by atoms with E-state index in [-0.39, 0.29) is 11.5 Å². The monoisotopic (exact) mass is 420 g/mol. The summed E-state index contributed by atoms with van der Waals surface area (Å²) in [5.74, 6) is 0.0448. The van der Waals surface area contributed by atoms with E-state index < -0.39 is 43.2 Å². The fourth-order valence-electron chi connectivity index (χ4n) is 2.07. The number of ether oxygens (including phenoxy) is 4. The molecule has 12 heteroatoms. The first-order valence-corrected chi connectivity index (χ1v) is 8.81. The van der Waals surface area contributed by atoms with E-state index in [1.807, 2.05) is 0 Å². The molecule has 2 aromatic heterocycles. The summed E-state index contributed by atoms with van der Waals surface area (Å²) in [5.41, 5.74) is 0. The smallest absolute Gasteiger partial charge is 0.422 e. The zero-order chi connectivity index (χ0) is 18.9. The van der Waals surface area contributed by atoms with E-state index >= 15 is 0 Å². The summed E-state index contributed by atoms with van der Waals surface area (Å²) in [5, 5.41) is 4.49. The molecule has 0 radical (unpaired) electrons. The van der Waals surface area contributed by atoms with Crippen LogP contribution in [0.3, 0.4) is 0 Å². The molecule has 0 saturated heterocycles. The minimum Gasteiger partial charge on any atom is -0.485 e. The molecule has 26 heavy (non-hydrogen) atoms. The topological polar surface area (TPSA) is 36.9 Å². The SMILES string of the molecule is FC(F)(F)COc1csc(C2COc3cscc3O2)c1OCC(F)(F)F. The van der Waals surface area contributed by atoms with Gasteiger partial charge in [-0.15, -0.1) is 22.7 Å². The van der Waals surface area contributed by atoms with Gasteiger partial charge in [-0.2, -0.15) is 26.3 Å². The van der Waals surface area contributed by atoms with Gasteiger partial charge in [-0.3, -0.25) is 0 Å². The van der Waals surface area contributed by atoms with Crippen LogP contribution < -0.4 is 18.9 Å². The molecular formula is C14H10F6O4S2. The zero-order valence-electron chi connectivity index (χ0n) is 12.6. The average molecular weight is 420 g/mol. The number of hydrogen-bond donors (Lipinski definition) is 0. The maximum absolute atomic E-state index is 12.5. The number of fused-ring (bicyclic) bond motifs is 1. The molecular weight excluding hydrogens is 410 g/mol. The molecule has 3 rings (SSSR count). The fraction of sp³-hybridized carbons (Fsp3) is 0.429. The van der Waals surface area contributed by atoms with E-state index in [1.54, 1.807) is 10.8 Å². The van der Waals surface area contributed by atoms with Crippen molar-refractivity contribution in [2.24, 2.45) is 0 Å². The predicted molar refractivity (Wildman–Crippen MR) is 80.6 cm³/mol. The highest BCUT2D eigenvalue weighted by molar-refractivity contribution is 7.10. The highest BCUT2D eigenvalue weighted by Gasteiger charge is 2.35. The molecule has 1 aliphatic heterocycles. The first-order chi connectivity index (χ1) is 12.1. The Morgan fingerprint density at radius 1 is 0.962 bits per heavy atom. The minimum absolute atomic E-state index is 0.0225. The minimum atomic E-state index is -4.66. The van der Waals surface area contributed by atoms with Gasteiger partial charge in [-0.05, 0) is 0 Å². The van der Waals surface area contributed by atoms with Crippen molar-refractivity contribution >= 4 is 22.7 Å². The molecule has 0 saturated carbocycles. The highest BCUT2D eigenvalue weighted by Crippen LogP contribution is 2.47. The first-order valence-electron chi connectivity index (χ1n) is 6.98. The largest absolute Gasteiger partial charge is 0.485 e. The first kappa shape index (κ1) is 19.0. The quantitative estimate of drug-likeness (QED) is 0.623. The second kappa shape index (κ2) is 7.06. The molecule has 0 spiro atoms. The lowest BCUT2D eigenvalue weighted by atomic mass is 10.2. The second-order valence-corrected chi connectivity index (χ2v) is 6.77. The van der Waals surface area contributed by atoms with Crippen LogP contribution in [-0.4, -0.2) is 32.2 Å². The molecule has 0 aromatic carbocycles. The molecule has 3 heterocycles. The van der Waals surface area contributed by atoms with Crippen molar-refractivity contribution in [3.63, 3.8) is 0 Å². The van der Waals surface area contributed by atoms with Gasteiger partial charge in [0.2, 0.25) is 0 Å². The van der Waals surface area contributed by atoms with Crippen LogP contribution in [0.5, 0.6) is 23.0 Å². The van der Waals surface area contributed by atoms with Crippen LogP contribution in [0, 0.1) is 0 Å². The fourth-order valence-corrected chi connectivity index (χ4v) is 3.68. The Hall–Kier alpha value is -1.82. The maximum atomic E-state index is 12.5. The predicted octanol–water partition coefficient (Wildman–Crippen LogP) is 5.20. The van der Waals surface area contributed by atoms with Gasteiger partial charge in [0.1, 0.15) is 6.61 Å². The van der Waals surface area contributed by atoms with Gasteiger partial charge in [0.15, 0.2) is 42.3 Å². The van der Waals surface area contributed by atoms with Crippen LogP contribution in [-0.2, 0) is 0 Å².